The first kappa shape index (κ1) is 20.0. The van der Waals surface area contributed by atoms with Crippen LogP contribution in [-0.4, -0.2) is 28.9 Å². The van der Waals surface area contributed by atoms with E-state index in [-0.39, 0.29) is 11.3 Å². The first-order valence-electron chi connectivity index (χ1n) is 9.84. The maximum Gasteiger partial charge on any atom is 0.296 e. The lowest BCUT2D eigenvalue weighted by molar-refractivity contribution is -0.117. The van der Waals surface area contributed by atoms with Crippen molar-refractivity contribution >= 4 is 39.1 Å². The Morgan fingerprint density at radius 3 is 2.59 bits per heavy atom. The first-order valence-corrected chi connectivity index (χ1v) is 10.7. The van der Waals surface area contributed by atoms with Crippen LogP contribution in [0.3, 0.4) is 0 Å². The van der Waals surface area contributed by atoms with Crippen molar-refractivity contribution in [3.8, 4) is 5.75 Å². The van der Waals surface area contributed by atoms with Crippen LogP contribution in [-0.2, 0) is 4.79 Å². The number of ether oxygens (including phenoxy) is 1. The molecule has 1 aliphatic heterocycles. The second-order valence-electron chi connectivity index (χ2n) is 7.36. The van der Waals surface area contributed by atoms with Gasteiger partial charge in [0.05, 0.1) is 24.4 Å². The molecular weight excluding hydrogens is 428 g/mol. The summed E-state index contributed by atoms with van der Waals surface area (Å²) in [5.41, 5.74) is 1.87. The third-order valence-corrected chi connectivity index (χ3v) is 6.30. The molecule has 5 rings (SSSR count). The predicted octanol–water partition coefficient (Wildman–Crippen LogP) is 4.99. The second-order valence-corrected chi connectivity index (χ2v) is 8.20. The number of furan rings is 1. The van der Waals surface area contributed by atoms with E-state index in [0.29, 0.717) is 22.0 Å². The van der Waals surface area contributed by atoms with E-state index in [1.807, 2.05) is 30.5 Å². The summed E-state index contributed by atoms with van der Waals surface area (Å²) in [7, 11) is 1.56. The number of aliphatic hydroxyl groups excluding tert-OH is 1. The SMILES string of the molecule is COc1ccc(C2C(C(=O)c3cc4ccccc4o3)=C(O)C(=O)N2c2nc(C)cs2)cc1. The molecule has 0 saturated carbocycles. The van der Waals surface area contributed by atoms with Crippen molar-refractivity contribution in [1.82, 2.24) is 4.98 Å². The van der Waals surface area contributed by atoms with Crippen molar-refractivity contribution in [2.45, 2.75) is 13.0 Å². The van der Waals surface area contributed by atoms with Gasteiger partial charge < -0.3 is 14.3 Å². The molecule has 32 heavy (non-hydrogen) atoms. The van der Waals surface area contributed by atoms with E-state index in [4.69, 9.17) is 9.15 Å². The Bertz CT molecular complexity index is 1350. The molecule has 1 unspecified atom stereocenters. The van der Waals surface area contributed by atoms with E-state index in [9.17, 15) is 14.7 Å². The normalized spacial score (nSPS) is 16.2. The zero-order chi connectivity index (χ0) is 22.4. The van der Waals surface area contributed by atoms with Gasteiger partial charge in [-0.05, 0) is 36.8 Å². The number of hydrogen-bond donors (Lipinski definition) is 1. The number of ketones is 1. The molecule has 3 heterocycles. The Labute approximate surface area is 187 Å². The summed E-state index contributed by atoms with van der Waals surface area (Å²) in [6, 6.07) is 15.0. The van der Waals surface area contributed by atoms with Crippen LogP contribution in [0.25, 0.3) is 11.0 Å². The third-order valence-electron chi connectivity index (χ3n) is 5.35. The zero-order valence-corrected chi connectivity index (χ0v) is 18.1. The molecule has 8 heteroatoms. The molecule has 0 radical (unpaired) electrons. The van der Waals surface area contributed by atoms with E-state index in [0.717, 1.165) is 11.1 Å². The van der Waals surface area contributed by atoms with Crippen LogP contribution in [0.2, 0.25) is 0 Å². The fourth-order valence-corrected chi connectivity index (χ4v) is 4.64. The summed E-state index contributed by atoms with van der Waals surface area (Å²) in [5, 5.41) is 13.8. The number of hydrogen-bond acceptors (Lipinski definition) is 7. The number of para-hydroxylation sites is 1. The van der Waals surface area contributed by atoms with Crippen LogP contribution in [0, 0.1) is 6.92 Å². The van der Waals surface area contributed by atoms with Crippen LogP contribution in [0.15, 0.2) is 75.7 Å². The van der Waals surface area contributed by atoms with Gasteiger partial charge in [0.15, 0.2) is 16.7 Å². The number of benzene rings is 2. The maximum atomic E-state index is 13.5. The highest BCUT2D eigenvalue weighted by Gasteiger charge is 2.46. The number of carbonyl (C=O) groups is 2. The number of rotatable bonds is 5. The topological polar surface area (TPSA) is 92.9 Å². The van der Waals surface area contributed by atoms with Gasteiger partial charge in [0.1, 0.15) is 11.3 Å². The highest BCUT2D eigenvalue weighted by Crippen LogP contribution is 2.43. The van der Waals surface area contributed by atoms with Crippen LogP contribution in [0.1, 0.15) is 27.9 Å². The number of thiazole rings is 1. The predicted molar refractivity (Wildman–Crippen MR) is 120 cm³/mol. The van der Waals surface area contributed by atoms with Crippen LogP contribution >= 0.6 is 11.3 Å². The molecule has 7 nitrogen and oxygen atoms in total. The van der Waals surface area contributed by atoms with Gasteiger partial charge in [-0.3, -0.25) is 14.5 Å². The minimum atomic E-state index is -0.861. The van der Waals surface area contributed by atoms with E-state index < -0.39 is 23.5 Å². The van der Waals surface area contributed by atoms with E-state index in [2.05, 4.69) is 4.98 Å². The number of nitrogens with zero attached hydrogens (tertiary/aromatic N) is 2. The van der Waals surface area contributed by atoms with Gasteiger partial charge in [-0.15, -0.1) is 11.3 Å². The third kappa shape index (κ3) is 3.16. The molecule has 2 aromatic carbocycles. The van der Waals surface area contributed by atoms with Crippen LogP contribution in [0.5, 0.6) is 5.75 Å². The van der Waals surface area contributed by atoms with Gasteiger partial charge in [-0.25, -0.2) is 4.98 Å². The summed E-state index contributed by atoms with van der Waals surface area (Å²) < 4.78 is 11.0. The Balaban J connectivity index is 1.65. The van der Waals surface area contributed by atoms with Gasteiger partial charge in [0.25, 0.3) is 5.91 Å². The summed E-state index contributed by atoms with van der Waals surface area (Å²) >= 11 is 1.27. The number of aliphatic hydroxyl groups is 1. The summed E-state index contributed by atoms with van der Waals surface area (Å²) in [6.07, 6.45) is 0. The molecule has 160 valence electrons. The Hall–Kier alpha value is -3.91. The molecule has 0 bridgehead atoms. The van der Waals surface area contributed by atoms with E-state index >= 15 is 0 Å². The average molecular weight is 446 g/mol. The quantitative estimate of drug-likeness (QED) is 0.434. The number of anilines is 1. The van der Waals surface area contributed by atoms with Crippen molar-refractivity contribution in [2.24, 2.45) is 0 Å². The summed E-state index contributed by atoms with van der Waals surface area (Å²) in [6.45, 7) is 1.82. The molecule has 1 aliphatic rings. The van der Waals surface area contributed by atoms with E-state index in [1.165, 1.54) is 16.2 Å². The van der Waals surface area contributed by atoms with Crippen molar-refractivity contribution in [3.63, 3.8) is 0 Å². The summed E-state index contributed by atoms with van der Waals surface area (Å²) in [4.78, 5) is 32.4. The molecular formula is C24H18N2O5S. The molecule has 4 aromatic rings. The molecule has 1 N–H and O–H groups in total. The Morgan fingerprint density at radius 2 is 1.94 bits per heavy atom. The highest BCUT2D eigenvalue weighted by atomic mass is 32.1. The van der Waals surface area contributed by atoms with Gasteiger partial charge >= 0.3 is 0 Å². The Morgan fingerprint density at radius 1 is 1.19 bits per heavy atom. The number of aryl methyl sites for hydroxylation is 1. The number of methoxy groups -OCH3 is 1. The second kappa shape index (κ2) is 7.65. The van der Waals surface area contributed by atoms with Crippen molar-refractivity contribution in [1.29, 1.82) is 0 Å². The lowest BCUT2D eigenvalue weighted by Gasteiger charge is -2.24. The Kier molecular flexibility index (Phi) is 4.79. The number of aromatic nitrogens is 1. The number of Topliss-reactive ketones (excluding diaryl/α,β-unsaturated/α-hetero) is 1. The smallest absolute Gasteiger partial charge is 0.296 e. The van der Waals surface area contributed by atoms with Gasteiger partial charge in [0, 0.05) is 10.8 Å². The molecule has 0 fully saturated rings. The van der Waals surface area contributed by atoms with Crippen LogP contribution < -0.4 is 9.64 Å². The molecule has 0 aliphatic carbocycles. The van der Waals surface area contributed by atoms with Gasteiger partial charge in [0.2, 0.25) is 5.78 Å². The van der Waals surface area contributed by atoms with Gasteiger partial charge in [-0.1, -0.05) is 30.3 Å². The lowest BCUT2D eigenvalue weighted by atomic mass is 9.95. The minimum Gasteiger partial charge on any atom is -0.503 e. The van der Waals surface area contributed by atoms with E-state index in [1.54, 1.807) is 43.5 Å². The molecule has 0 spiro atoms. The molecule has 0 saturated heterocycles. The number of fused-ring (bicyclic) bond motifs is 1. The monoisotopic (exact) mass is 446 g/mol. The van der Waals surface area contributed by atoms with Crippen molar-refractivity contribution in [2.75, 3.05) is 12.0 Å². The highest BCUT2D eigenvalue weighted by molar-refractivity contribution is 7.14. The lowest BCUT2D eigenvalue weighted by Crippen LogP contribution is -2.31. The van der Waals surface area contributed by atoms with Crippen molar-refractivity contribution < 1.29 is 23.8 Å². The molecule has 1 amide bonds. The molecule has 1 atom stereocenters. The molecule has 2 aromatic heterocycles. The maximum absolute atomic E-state index is 13.5. The average Bonchev–Trinajstić information content (AvgIpc) is 3.50. The fourth-order valence-electron chi connectivity index (χ4n) is 3.81. The fraction of sp³-hybridized carbons (Fsp3) is 0.125. The largest absolute Gasteiger partial charge is 0.503 e. The standard InChI is InChI=1S/C24H18N2O5S/c1-13-12-32-24(25-13)26-20(14-7-9-16(30-2)10-8-14)19(22(28)23(26)29)21(27)18-11-15-5-3-4-6-17(15)31-18/h3-12,20,28H,1-2H3. The zero-order valence-electron chi connectivity index (χ0n) is 17.2. The first-order chi connectivity index (χ1) is 15.5. The summed E-state index contributed by atoms with van der Waals surface area (Å²) in [5.74, 6) is -1.16. The number of amides is 1. The minimum absolute atomic E-state index is 0.0490. The van der Waals surface area contributed by atoms with Crippen molar-refractivity contribution in [3.05, 3.63) is 88.3 Å². The number of carbonyl (C=O) groups excluding carboxylic acids is 2. The van der Waals surface area contributed by atoms with Gasteiger partial charge in [-0.2, -0.15) is 0 Å². The van der Waals surface area contributed by atoms with Crippen LogP contribution in [0.4, 0.5) is 5.13 Å².